The van der Waals surface area contributed by atoms with Crippen molar-refractivity contribution in [1.82, 2.24) is 9.78 Å². The average molecular weight is 277 g/mol. The van der Waals surface area contributed by atoms with Crippen LogP contribution in [0.5, 0.6) is 17.4 Å². The van der Waals surface area contributed by atoms with Crippen molar-refractivity contribution in [1.29, 1.82) is 0 Å². The van der Waals surface area contributed by atoms with Crippen LogP contribution < -0.4 is 15.2 Å². The number of anilines is 1. The van der Waals surface area contributed by atoms with E-state index < -0.39 is 0 Å². The molecule has 6 nitrogen and oxygen atoms in total. The van der Waals surface area contributed by atoms with Crippen LogP contribution in [0, 0.1) is 6.92 Å². The Kier molecular flexibility index (Phi) is 4.14. The van der Waals surface area contributed by atoms with Crippen molar-refractivity contribution < 1.29 is 14.6 Å². The minimum absolute atomic E-state index is 0.0508. The summed E-state index contributed by atoms with van der Waals surface area (Å²) >= 11 is 0. The Morgan fingerprint density at radius 3 is 2.70 bits per heavy atom. The molecule has 1 aromatic heterocycles. The molecule has 0 fully saturated rings. The van der Waals surface area contributed by atoms with Gasteiger partial charge in [-0.2, -0.15) is 5.10 Å². The van der Waals surface area contributed by atoms with Gasteiger partial charge in [0.05, 0.1) is 19.4 Å². The summed E-state index contributed by atoms with van der Waals surface area (Å²) in [7, 11) is 1.55. The highest BCUT2D eigenvalue weighted by Crippen LogP contribution is 2.35. The molecule has 3 N–H and O–H groups in total. The summed E-state index contributed by atoms with van der Waals surface area (Å²) in [6, 6.07) is 5.24. The highest BCUT2D eigenvalue weighted by Gasteiger charge is 2.16. The first-order valence-corrected chi connectivity index (χ1v) is 6.39. The number of rotatable bonds is 5. The molecule has 0 aliphatic rings. The number of aryl methyl sites for hydroxylation is 2. The number of hydrogen-bond donors (Lipinski definition) is 2. The lowest BCUT2D eigenvalue weighted by Gasteiger charge is -2.12. The fraction of sp³-hybridized carbons (Fsp3) is 0.357. The topological polar surface area (TPSA) is 82.5 Å². The Hall–Kier alpha value is -2.21. The quantitative estimate of drug-likeness (QED) is 0.874. The maximum Gasteiger partial charge on any atom is 0.241 e. The summed E-state index contributed by atoms with van der Waals surface area (Å²) in [5.74, 6) is 1.57. The summed E-state index contributed by atoms with van der Waals surface area (Å²) < 4.78 is 12.8. The maximum atomic E-state index is 9.14. The summed E-state index contributed by atoms with van der Waals surface area (Å²) in [6.07, 6.45) is 0. The van der Waals surface area contributed by atoms with Crippen LogP contribution in [0.15, 0.2) is 18.2 Å². The summed E-state index contributed by atoms with van der Waals surface area (Å²) in [5.41, 5.74) is 7.98. The Morgan fingerprint density at radius 2 is 2.10 bits per heavy atom. The van der Waals surface area contributed by atoms with Crippen molar-refractivity contribution in [3.63, 3.8) is 0 Å². The van der Waals surface area contributed by atoms with E-state index in [4.69, 9.17) is 20.3 Å². The number of ether oxygens (including phenoxy) is 2. The predicted molar refractivity (Wildman–Crippen MR) is 76.0 cm³/mol. The molecule has 0 bridgehead atoms. The van der Waals surface area contributed by atoms with Crippen LogP contribution in [-0.2, 0) is 13.2 Å². The number of benzene rings is 1. The SMILES string of the molecule is CCn1nc(C)c(N)c1Oc1ccc(CO)cc1OC. The highest BCUT2D eigenvalue weighted by molar-refractivity contribution is 5.55. The first-order chi connectivity index (χ1) is 9.60. The molecular weight excluding hydrogens is 258 g/mol. The van der Waals surface area contributed by atoms with Gasteiger partial charge in [-0.25, -0.2) is 4.68 Å². The van der Waals surface area contributed by atoms with Gasteiger partial charge in [-0.15, -0.1) is 0 Å². The van der Waals surface area contributed by atoms with Gasteiger partial charge in [-0.3, -0.25) is 0 Å². The molecule has 0 spiro atoms. The van der Waals surface area contributed by atoms with Crippen molar-refractivity contribution in [2.24, 2.45) is 0 Å². The number of nitrogen functional groups attached to an aromatic ring is 1. The van der Waals surface area contributed by atoms with Gasteiger partial charge in [0.1, 0.15) is 5.69 Å². The van der Waals surface area contributed by atoms with E-state index in [0.29, 0.717) is 29.6 Å². The Labute approximate surface area is 117 Å². The molecular formula is C14H19N3O3. The molecule has 0 atom stereocenters. The number of nitrogens with zero attached hydrogens (tertiary/aromatic N) is 2. The normalized spacial score (nSPS) is 10.6. The fourth-order valence-corrected chi connectivity index (χ4v) is 1.89. The molecule has 0 saturated carbocycles. The zero-order valence-electron chi connectivity index (χ0n) is 11.9. The predicted octanol–water partition coefficient (Wildman–Crippen LogP) is 2.09. The number of methoxy groups -OCH3 is 1. The summed E-state index contributed by atoms with van der Waals surface area (Å²) in [4.78, 5) is 0. The van der Waals surface area contributed by atoms with E-state index in [9.17, 15) is 0 Å². The zero-order chi connectivity index (χ0) is 14.7. The molecule has 1 aromatic carbocycles. The number of aromatic nitrogens is 2. The molecule has 20 heavy (non-hydrogen) atoms. The van der Waals surface area contributed by atoms with E-state index in [-0.39, 0.29) is 6.61 Å². The minimum atomic E-state index is -0.0508. The van der Waals surface area contributed by atoms with Crippen LogP contribution in [0.25, 0.3) is 0 Å². The van der Waals surface area contributed by atoms with Crippen molar-refractivity contribution in [2.45, 2.75) is 27.0 Å². The molecule has 0 saturated heterocycles. The van der Waals surface area contributed by atoms with Gasteiger partial charge in [-0.05, 0) is 31.5 Å². The van der Waals surface area contributed by atoms with E-state index in [1.807, 2.05) is 13.8 Å². The molecule has 2 rings (SSSR count). The fourth-order valence-electron chi connectivity index (χ4n) is 1.89. The number of aliphatic hydroxyl groups excluding tert-OH is 1. The second-order valence-electron chi connectivity index (χ2n) is 4.37. The first kappa shape index (κ1) is 14.2. The summed E-state index contributed by atoms with van der Waals surface area (Å²) in [6.45, 7) is 4.40. The third-order valence-corrected chi connectivity index (χ3v) is 3.04. The molecule has 0 unspecified atom stereocenters. The van der Waals surface area contributed by atoms with Crippen LogP contribution in [0.2, 0.25) is 0 Å². The van der Waals surface area contributed by atoms with Gasteiger partial charge in [-0.1, -0.05) is 6.07 Å². The van der Waals surface area contributed by atoms with Crippen molar-refractivity contribution >= 4 is 5.69 Å². The van der Waals surface area contributed by atoms with Crippen LogP contribution in [0.3, 0.4) is 0 Å². The lowest BCUT2D eigenvalue weighted by atomic mass is 10.2. The minimum Gasteiger partial charge on any atom is -0.493 e. The second kappa shape index (κ2) is 5.83. The standard InChI is InChI=1S/C14H19N3O3/c1-4-17-14(13(15)9(2)16-17)20-11-6-5-10(8-18)7-12(11)19-3/h5-7,18H,4,8,15H2,1-3H3. The molecule has 6 heteroatoms. The van der Waals surface area contributed by atoms with E-state index in [2.05, 4.69) is 5.10 Å². The number of aliphatic hydroxyl groups is 1. The maximum absolute atomic E-state index is 9.14. The smallest absolute Gasteiger partial charge is 0.241 e. The van der Waals surface area contributed by atoms with Crippen molar-refractivity contribution in [3.8, 4) is 17.4 Å². The zero-order valence-corrected chi connectivity index (χ0v) is 11.9. The number of nitrogens with two attached hydrogens (primary N) is 1. The first-order valence-electron chi connectivity index (χ1n) is 6.39. The van der Waals surface area contributed by atoms with Crippen LogP contribution >= 0.6 is 0 Å². The van der Waals surface area contributed by atoms with E-state index in [1.54, 1.807) is 30.0 Å². The van der Waals surface area contributed by atoms with Gasteiger partial charge in [0.25, 0.3) is 0 Å². The molecule has 2 aromatic rings. The van der Waals surface area contributed by atoms with Crippen molar-refractivity contribution in [2.75, 3.05) is 12.8 Å². The average Bonchev–Trinajstić information content (AvgIpc) is 2.75. The molecule has 0 aliphatic carbocycles. The van der Waals surface area contributed by atoms with Gasteiger partial charge >= 0.3 is 0 Å². The largest absolute Gasteiger partial charge is 0.493 e. The van der Waals surface area contributed by atoms with Gasteiger partial charge in [0.15, 0.2) is 11.5 Å². The van der Waals surface area contributed by atoms with Crippen LogP contribution in [0.4, 0.5) is 5.69 Å². The third-order valence-electron chi connectivity index (χ3n) is 3.04. The monoisotopic (exact) mass is 277 g/mol. The molecule has 1 heterocycles. The lowest BCUT2D eigenvalue weighted by molar-refractivity contribution is 0.280. The number of hydrogen-bond acceptors (Lipinski definition) is 5. The van der Waals surface area contributed by atoms with Gasteiger partial charge < -0.3 is 20.3 Å². The Balaban J connectivity index is 2.39. The van der Waals surface area contributed by atoms with Crippen molar-refractivity contribution in [3.05, 3.63) is 29.5 Å². The molecule has 0 aliphatic heterocycles. The second-order valence-corrected chi connectivity index (χ2v) is 4.37. The van der Waals surface area contributed by atoms with E-state index >= 15 is 0 Å². The Morgan fingerprint density at radius 1 is 1.35 bits per heavy atom. The molecule has 108 valence electrons. The highest BCUT2D eigenvalue weighted by atomic mass is 16.5. The Bertz CT molecular complexity index is 608. The van der Waals surface area contributed by atoms with Crippen LogP contribution in [0.1, 0.15) is 18.2 Å². The lowest BCUT2D eigenvalue weighted by Crippen LogP contribution is -2.02. The van der Waals surface area contributed by atoms with Crippen LogP contribution in [-0.4, -0.2) is 22.0 Å². The van der Waals surface area contributed by atoms with Gasteiger partial charge in [0, 0.05) is 6.54 Å². The summed E-state index contributed by atoms with van der Waals surface area (Å²) in [5, 5.41) is 13.4. The molecule has 0 amide bonds. The van der Waals surface area contributed by atoms with Gasteiger partial charge in [0.2, 0.25) is 5.88 Å². The third kappa shape index (κ3) is 2.55. The van der Waals surface area contributed by atoms with E-state index in [1.165, 1.54) is 0 Å². The molecule has 0 radical (unpaired) electrons. The van der Waals surface area contributed by atoms with E-state index in [0.717, 1.165) is 11.3 Å².